The normalized spacial score (nSPS) is 41.3. The lowest BCUT2D eigenvalue weighted by Crippen LogP contribution is -2.66. The van der Waals surface area contributed by atoms with E-state index in [2.05, 4.69) is 17.9 Å². The molecule has 3 N–H and O–H groups in total. The summed E-state index contributed by atoms with van der Waals surface area (Å²) in [6, 6.07) is 0.507. The molecule has 2 heterocycles. The highest BCUT2D eigenvalue weighted by Crippen LogP contribution is 2.56. The van der Waals surface area contributed by atoms with Gasteiger partial charge in [0.05, 0.1) is 12.2 Å². The number of carboxylic acid groups (broad SMARTS) is 1. The van der Waals surface area contributed by atoms with E-state index in [1.807, 2.05) is 6.08 Å². The lowest BCUT2D eigenvalue weighted by atomic mass is 9.65. The monoisotopic (exact) mass is 405 g/mol. The minimum absolute atomic E-state index is 0.0410. The van der Waals surface area contributed by atoms with Gasteiger partial charge in [-0.15, -0.1) is 0 Å². The molecule has 0 aromatic carbocycles. The van der Waals surface area contributed by atoms with E-state index in [4.69, 9.17) is 0 Å². The van der Waals surface area contributed by atoms with Crippen LogP contribution in [0.3, 0.4) is 0 Å². The van der Waals surface area contributed by atoms with Crippen molar-refractivity contribution in [1.29, 1.82) is 0 Å². The quantitative estimate of drug-likeness (QED) is 0.423. The molecule has 4 fully saturated rings. The van der Waals surface area contributed by atoms with Crippen molar-refractivity contribution in [3.8, 4) is 0 Å². The minimum atomic E-state index is -0.710. The van der Waals surface area contributed by atoms with Gasteiger partial charge in [0.2, 0.25) is 0 Å². The van der Waals surface area contributed by atoms with Crippen molar-refractivity contribution in [3.05, 3.63) is 12.2 Å². The van der Waals surface area contributed by atoms with Gasteiger partial charge in [-0.05, 0) is 63.2 Å². The van der Waals surface area contributed by atoms with Crippen LogP contribution in [0.2, 0.25) is 0 Å². The lowest BCUT2D eigenvalue weighted by Gasteiger charge is -2.54. The number of aliphatic carboxylic acids is 1. The summed E-state index contributed by atoms with van der Waals surface area (Å²) in [5.41, 5.74) is -0.710. The Morgan fingerprint density at radius 3 is 2.66 bits per heavy atom. The van der Waals surface area contributed by atoms with Crippen LogP contribution in [0.4, 0.5) is 0 Å². The summed E-state index contributed by atoms with van der Waals surface area (Å²) < 4.78 is 0. The molecule has 164 valence electrons. The van der Waals surface area contributed by atoms with Crippen LogP contribution in [0, 0.1) is 17.8 Å². The molecule has 7 atom stereocenters. The Bertz CT molecular complexity index is 618. The van der Waals surface area contributed by atoms with E-state index < -0.39 is 23.7 Å². The van der Waals surface area contributed by atoms with Crippen LogP contribution in [-0.2, 0) is 4.79 Å². The highest BCUT2D eigenvalue weighted by atomic mass is 16.4. The third-order valence-corrected chi connectivity index (χ3v) is 8.58. The maximum Gasteiger partial charge on any atom is 0.324 e. The molecule has 2 aliphatic heterocycles. The van der Waals surface area contributed by atoms with E-state index in [0.29, 0.717) is 18.4 Å². The third kappa shape index (κ3) is 3.68. The molecule has 0 bridgehead atoms. The molecule has 29 heavy (non-hydrogen) atoms. The SMILES string of the molecule is CCCCC[C@@H](O)/C=C/[C@@H]1[C@H]2CC3CCCC(C(=O)O)(C4CCC4)N3[C@@H]2C[C@H]1O. The topological polar surface area (TPSA) is 81.0 Å². The van der Waals surface area contributed by atoms with Crippen molar-refractivity contribution in [2.24, 2.45) is 17.8 Å². The van der Waals surface area contributed by atoms with Crippen molar-refractivity contribution in [2.45, 2.75) is 114 Å². The van der Waals surface area contributed by atoms with Crippen molar-refractivity contribution < 1.29 is 20.1 Å². The molecule has 5 nitrogen and oxygen atoms in total. The van der Waals surface area contributed by atoms with E-state index in [9.17, 15) is 20.1 Å². The molecule has 0 radical (unpaired) electrons. The van der Waals surface area contributed by atoms with E-state index >= 15 is 0 Å². The Hall–Kier alpha value is -0.910. The first-order valence-electron chi connectivity index (χ1n) is 12.0. The van der Waals surface area contributed by atoms with Crippen LogP contribution < -0.4 is 0 Å². The summed E-state index contributed by atoms with van der Waals surface area (Å²) >= 11 is 0. The van der Waals surface area contributed by atoms with E-state index in [1.54, 1.807) is 0 Å². The molecule has 0 aromatic heterocycles. The van der Waals surface area contributed by atoms with Gasteiger partial charge in [0, 0.05) is 18.0 Å². The number of hydrogen-bond acceptors (Lipinski definition) is 4. The standard InChI is InChI=1S/C24H39NO4/c1-2-3-4-10-18(26)11-12-19-20-14-17-9-6-13-24(23(28)29,16-7-5-8-16)25(17)21(20)15-22(19)27/h11-12,16-22,26-27H,2-10,13-15H2,1H3,(H,28,29)/b12-11+/t17?,18-,19-,20-,21-,22-,24?/m1/s1. The fourth-order valence-electron chi connectivity index (χ4n) is 6.99. The van der Waals surface area contributed by atoms with Crippen molar-refractivity contribution in [3.63, 3.8) is 0 Å². The molecule has 5 heteroatoms. The molecule has 2 saturated carbocycles. The second-order valence-corrected chi connectivity index (χ2v) is 10.1. The molecule has 0 aromatic rings. The van der Waals surface area contributed by atoms with Crippen LogP contribution in [0.15, 0.2) is 12.2 Å². The number of carboxylic acids is 1. The van der Waals surface area contributed by atoms with Gasteiger partial charge in [0.25, 0.3) is 0 Å². The average molecular weight is 406 g/mol. The molecular formula is C24H39NO4. The van der Waals surface area contributed by atoms with Crippen LogP contribution in [0.1, 0.15) is 84.0 Å². The number of rotatable bonds is 8. The van der Waals surface area contributed by atoms with Crippen LogP contribution in [-0.4, -0.2) is 56.0 Å². The summed E-state index contributed by atoms with van der Waals surface area (Å²) in [5.74, 6) is -0.00800. The molecule has 2 aliphatic carbocycles. The zero-order valence-electron chi connectivity index (χ0n) is 17.9. The number of aliphatic hydroxyl groups excluding tert-OH is 2. The second kappa shape index (κ2) is 8.68. The second-order valence-electron chi connectivity index (χ2n) is 10.1. The van der Waals surface area contributed by atoms with Crippen LogP contribution >= 0.6 is 0 Å². The van der Waals surface area contributed by atoms with Gasteiger partial charge in [-0.25, -0.2) is 0 Å². The average Bonchev–Trinajstić information content (AvgIpc) is 3.13. The first-order chi connectivity index (χ1) is 14.0. The zero-order chi connectivity index (χ0) is 20.6. The molecule has 0 amide bonds. The maximum absolute atomic E-state index is 12.6. The maximum atomic E-state index is 12.6. The number of fused-ring (bicyclic) bond motifs is 3. The zero-order valence-corrected chi connectivity index (χ0v) is 17.9. The summed E-state index contributed by atoms with van der Waals surface area (Å²) in [6.07, 6.45) is 14.9. The molecule has 2 saturated heterocycles. The van der Waals surface area contributed by atoms with Crippen LogP contribution in [0.25, 0.3) is 0 Å². The number of unbranched alkanes of at least 4 members (excludes halogenated alkanes) is 2. The Morgan fingerprint density at radius 1 is 1.21 bits per heavy atom. The summed E-state index contributed by atoms with van der Waals surface area (Å²) in [5, 5.41) is 31.5. The molecule has 0 spiro atoms. The van der Waals surface area contributed by atoms with Gasteiger partial charge in [-0.3, -0.25) is 9.69 Å². The molecule has 4 rings (SSSR count). The predicted octanol–water partition coefficient (Wildman–Crippen LogP) is 3.73. The predicted molar refractivity (Wildman–Crippen MR) is 112 cm³/mol. The van der Waals surface area contributed by atoms with Gasteiger partial charge in [0.1, 0.15) is 5.54 Å². The number of carbonyl (C=O) groups is 1. The van der Waals surface area contributed by atoms with Crippen molar-refractivity contribution in [1.82, 2.24) is 4.90 Å². The Labute approximate surface area is 175 Å². The van der Waals surface area contributed by atoms with Crippen molar-refractivity contribution in [2.75, 3.05) is 0 Å². The lowest BCUT2D eigenvalue weighted by molar-refractivity contribution is -0.168. The Morgan fingerprint density at radius 2 is 2.00 bits per heavy atom. The highest BCUT2D eigenvalue weighted by Gasteiger charge is 2.63. The number of hydrogen-bond donors (Lipinski definition) is 3. The third-order valence-electron chi connectivity index (χ3n) is 8.58. The summed E-state index contributed by atoms with van der Waals surface area (Å²) in [7, 11) is 0. The van der Waals surface area contributed by atoms with E-state index in [0.717, 1.165) is 70.6 Å². The largest absolute Gasteiger partial charge is 0.480 e. The molecule has 2 unspecified atom stereocenters. The van der Waals surface area contributed by atoms with E-state index in [-0.39, 0.29) is 17.9 Å². The fraction of sp³-hybridized carbons (Fsp3) is 0.875. The number of aliphatic hydroxyl groups is 2. The minimum Gasteiger partial charge on any atom is -0.480 e. The first kappa shape index (κ1) is 21.3. The smallest absolute Gasteiger partial charge is 0.324 e. The Kier molecular flexibility index (Phi) is 6.38. The Balaban J connectivity index is 1.51. The number of nitrogens with zero attached hydrogens (tertiary/aromatic N) is 1. The van der Waals surface area contributed by atoms with Gasteiger partial charge in [-0.1, -0.05) is 44.8 Å². The summed E-state index contributed by atoms with van der Waals surface area (Å²) in [4.78, 5) is 15.0. The van der Waals surface area contributed by atoms with Gasteiger partial charge < -0.3 is 15.3 Å². The fourth-order valence-corrected chi connectivity index (χ4v) is 6.99. The molecular weight excluding hydrogens is 366 g/mol. The number of piperidine rings is 1. The highest BCUT2D eigenvalue weighted by molar-refractivity contribution is 5.80. The van der Waals surface area contributed by atoms with Crippen molar-refractivity contribution >= 4 is 5.97 Å². The van der Waals surface area contributed by atoms with E-state index in [1.165, 1.54) is 0 Å². The van der Waals surface area contributed by atoms with Gasteiger partial charge >= 0.3 is 5.97 Å². The van der Waals surface area contributed by atoms with Gasteiger partial charge in [0.15, 0.2) is 0 Å². The first-order valence-corrected chi connectivity index (χ1v) is 12.0. The molecule has 4 aliphatic rings. The van der Waals surface area contributed by atoms with Crippen LogP contribution in [0.5, 0.6) is 0 Å². The van der Waals surface area contributed by atoms with Gasteiger partial charge in [-0.2, -0.15) is 0 Å². The summed E-state index contributed by atoms with van der Waals surface area (Å²) in [6.45, 7) is 2.16.